The van der Waals surface area contributed by atoms with E-state index in [0.717, 1.165) is 49.8 Å². The summed E-state index contributed by atoms with van der Waals surface area (Å²) in [7, 11) is 3.64. The van der Waals surface area contributed by atoms with Crippen molar-refractivity contribution < 1.29 is 17.9 Å². The van der Waals surface area contributed by atoms with Gasteiger partial charge in [-0.25, -0.2) is 0 Å². The van der Waals surface area contributed by atoms with Gasteiger partial charge in [-0.15, -0.1) is 24.0 Å². The third kappa shape index (κ3) is 6.12. The second kappa shape index (κ2) is 9.45. The summed E-state index contributed by atoms with van der Waals surface area (Å²) in [5.74, 6) is 1.21. The maximum atomic E-state index is 12.5. The van der Waals surface area contributed by atoms with Gasteiger partial charge in [0.05, 0.1) is 12.2 Å². The molecule has 1 unspecified atom stereocenters. The molecule has 1 atom stereocenters. The molecular formula is C16H23F3IN3O. The van der Waals surface area contributed by atoms with Crippen LogP contribution in [0.3, 0.4) is 0 Å². The summed E-state index contributed by atoms with van der Waals surface area (Å²) in [5.41, 5.74) is 0.140. The van der Waals surface area contributed by atoms with E-state index in [2.05, 4.69) is 10.3 Å². The molecule has 0 aromatic heterocycles. The molecule has 0 radical (unpaired) electrons. The molecule has 2 rings (SSSR count). The Morgan fingerprint density at radius 1 is 1.33 bits per heavy atom. The molecular weight excluding hydrogens is 434 g/mol. The van der Waals surface area contributed by atoms with Crippen LogP contribution >= 0.6 is 24.0 Å². The molecule has 0 saturated carbocycles. The Kier molecular flexibility index (Phi) is 8.28. The summed E-state index contributed by atoms with van der Waals surface area (Å²) in [6.07, 6.45) is -3.26. The van der Waals surface area contributed by atoms with E-state index in [9.17, 15) is 13.2 Å². The summed E-state index contributed by atoms with van der Waals surface area (Å²) < 4.78 is 43.0. The van der Waals surface area contributed by atoms with Gasteiger partial charge in [-0.1, -0.05) is 12.1 Å². The summed E-state index contributed by atoms with van der Waals surface area (Å²) in [6.45, 7) is 2.83. The van der Waals surface area contributed by atoms with Gasteiger partial charge in [-0.05, 0) is 24.1 Å². The van der Waals surface area contributed by atoms with Crippen molar-refractivity contribution in [3.8, 4) is 0 Å². The second-order valence-electron chi connectivity index (χ2n) is 5.71. The number of hydrogen-bond acceptors (Lipinski definition) is 2. The minimum Gasteiger partial charge on any atom is -0.381 e. The highest BCUT2D eigenvalue weighted by Crippen LogP contribution is 2.29. The van der Waals surface area contributed by atoms with Crippen LogP contribution in [-0.2, 0) is 17.5 Å². The smallest absolute Gasteiger partial charge is 0.381 e. The van der Waals surface area contributed by atoms with Crippen LogP contribution in [0.5, 0.6) is 0 Å². The minimum absolute atomic E-state index is 0. The van der Waals surface area contributed by atoms with E-state index in [4.69, 9.17) is 4.74 Å². The molecule has 1 aromatic carbocycles. The fourth-order valence-electron chi connectivity index (χ4n) is 2.58. The number of guanidine groups is 1. The molecule has 4 nitrogen and oxygen atoms in total. The highest BCUT2D eigenvalue weighted by atomic mass is 127. The van der Waals surface area contributed by atoms with Gasteiger partial charge in [0.15, 0.2) is 5.96 Å². The largest absolute Gasteiger partial charge is 0.416 e. The Balaban J connectivity index is 0.00000288. The molecule has 0 spiro atoms. The maximum Gasteiger partial charge on any atom is 0.416 e. The number of aliphatic imine (C=N–C) groups is 1. The van der Waals surface area contributed by atoms with E-state index in [1.807, 2.05) is 11.9 Å². The second-order valence-corrected chi connectivity index (χ2v) is 5.71. The first-order valence-electron chi connectivity index (χ1n) is 7.56. The quantitative estimate of drug-likeness (QED) is 0.428. The van der Waals surface area contributed by atoms with E-state index in [-0.39, 0.29) is 24.0 Å². The maximum absolute atomic E-state index is 12.5. The zero-order valence-electron chi connectivity index (χ0n) is 13.8. The van der Waals surface area contributed by atoms with Crippen LogP contribution in [0.4, 0.5) is 13.2 Å². The van der Waals surface area contributed by atoms with E-state index >= 15 is 0 Å². The van der Waals surface area contributed by atoms with Crippen LogP contribution in [0.2, 0.25) is 0 Å². The molecule has 8 heteroatoms. The Labute approximate surface area is 157 Å². The Morgan fingerprint density at radius 3 is 2.50 bits per heavy atom. The van der Waals surface area contributed by atoms with Crippen molar-refractivity contribution in [1.29, 1.82) is 0 Å². The molecule has 0 aliphatic carbocycles. The number of nitrogens with one attached hydrogen (secondary N) is 1. The fraction of sp³-hybridized carbons (Fsp3) is 0.562. The lowest BCUT2D eigenvalue weighted by atomic mass is 10.1. The number of ether oxygens (including phenoxy) is 1. The van der Waals surface area contributed by atoms with Crippen LogP contribution in [0.15, 0.2) is 29.3 Å². The van der Waals surface area contributed by atoms with Gasteiger partial charge >= 0.3 is 6.18 Å². The van der Waals surface area contributed by atoms with Gasteiger partial charge < -0.3 is 15.0 Å². The topological polar surface area (TPSA) is 36.9 Å². The lowest BCUT2D eigenvalue weighted by molar-refractivity contribution is -0.137. The number of halogens is 4. The first-order chi connectivity index (χ1) is 10.9. The Morgan fingerprint density at radius 2 is 2.00 bits per heavy atom. The highest BCUT2D eigenvalue weighted by molar-refractivity contribution is 14.0. The van der Waals surface area contributed by atoms with E-state index in [1.54, 1.807) is 7.05 Å². The standard InChI is InChI=1S/C16H22F3N3O.HI/c1-20-15(22(2)10-13-7-8-23-11-13)21-9-12-3-5-14(6-4-12)16(17,18)19;/h3-6,13H,7-11H2,1-2H3,(H,20,21);1H. The van der Waals surface area contributed by atoms with Crippen molar-refractivity contribution >= 4 is 29.9 Å². The van der Waals surface area contributed by atoms with Crippen molar-refractivity contribution in [2.24, 2.45) is 10.9 Å². The normalized spacial score (nSPS) is 18.2. The molecule has 1 fully saturated rings. The third-order valence-corrected chi connectivity index (χ3v) is 3.86. The number of alkyl halides is 3. The molecule has 1 aromatic rings. The highest BCUT2D eigenvalue weighted by Gasteiger charge is 2.29. The third-order valence-electron chi connectivity index (χ3n) is 3.86. The van der Waals surface area contributed by atoms with Gasteiger partial charge in [-0.3, -0.25) is 4.99 Å². The van der Waals surface area contributed by atoms with Crippen LogP contribution in [-0.4, -0.2) is 44.7 Å². The van der Waals surface area contributed by atoms with Crippen LogP contribution < -0.4 is 5.32 Å². The number of benzene rings is 1. The van der Waals surface area contributed by atoms with Crippen molar-refractivity contribution in [3.63, 3.8) is 0 Å². The number of hydrogen-bond donors (Lipinski definition) is 1. The first-order valence-corrected chi connectivity index (χ1v) is 7.56. The zero-order valence-corrected chi connectivity index (χ0v) is 16.1. The predicted octanol–water partition coefficient (Wildman–Crippen LogP) is 3.37. The minimum atomic E-state index is -4.30. The molecule has 1 N–H and O–H groups in total. The van der Waals surface area contributed by atoms with Gasteiger partial charge in [0, 0.05) is 39.7 Å². The lowest BCUT2D eigenvalue weighted by Crippen LogP contribution is -2.41. The van der Waals surface area contributed by atoms with Crippen LogP contribution in [0.1, 0.15) is 17.5 Å². The van der Waals surface area contributed by atoms with E-state index in [0.29, 0.717) is 12.5 Å². The predicted molar refractivity (Wildman–Crippen MR) is 98.6 cm³/mol. The molecule has 1 saturated heterocycles. The zero-order chi connectivity index (χ0) is 16.9. The molecule has 0 bridgehead atoms. The fourth-order valence-corrected chi connectivity index (χ4v) is 2.58. The monoisotopic (exact) mass is 457 g/mol. The van der Waals surface area contributed by atoms with Gasteiger partial charge in [0.2, 0.25) is 0 Å². The van der Waals surface area contributed by atoms with Crippen LogP contribution in [0, 0.1) is 5.92 Å². The Hall–Kier alpha value is -1.03. The number of nitrogens with zero attached hydrogens (tertiary/aromatic N) is 2. The molecule has 136 valence electrons. The number of rotatable bonds is 4. The summed E-state index contributed by atoms with van der Waals surface area (Å²) in [5, 5.41) is 3.17. The average molecular weight is 457 g/mol. The van der Waals surface area contributed by atoms with Crippen LogP contribution in [0.25, 0.3) is 0 Å². The molecule has 24 heavy (non-hydrogen) atoms. The lowest BCUT2D eigenvalue weighted by Gasteiger charge is -2.24. The van der Waals surface area contributed by atoms with E-state index < -0.39 is 11.7 Å². The summed E-state index contributed by atoms with van der Waals surface area (Å²) in [4.78, 5) is 6.23. The van der Waals surface area contributed by atoms with Crippen molar-refractivity contribution in [3.05, 3.63) is 35.4 Å². The van der Waals surface area contributed by atoms with Crippen molar-refractivity contribution in [2.75, 3.05) is 33.9 Å². The van der Waals surface area contributed by atoms with Crippen molar-refractivity contribution in [1.82, 2.24) is 10.2 Å². The van der Waals surface area contributed by atoms with Gasteiger partial charge in [0.25, 0.3) is 0 Å². The van der Waals surface area contributed by atoms with Gasteiger partial charge in [0.1, 0.15) is 0 Å². The molecule has 1 heterocycles. The molecule has 1 aliphatic heterocycles. The van der Waals surface area contributed by atoms with Gasteiger partial charge in [-0.2, -0.15) is 13.2 Å². The van der Waals surface area contributed by atoms with E-state index in [1.165, 1.54) is 12.1 Å². The summed E-state index contributed by atoms with van der Waals surface area (Å²) >= 11 is 0. The SMILES string of the molecule is CN=C(NCc1ccc(C(F)(F)F)cc1)N(C)CC1CCOC1.I. The summed E-state index contributed by atoms with van der Waals surface area (Å²) in [6, 6.07) is 5.15. The average Bonchev–Trinajstić information content (AvgIpc) is 3.00. The Bertz CT molecular complexity index is 528. The molecule has 0 amide bonds. The first kappa shape index (κ1) is 21.0. The van der Waals surface area contributed by atoms with Crippen molar-refractivity contribution in [2.45, 2.75) is 19.1 Å². The molecule has 1 aliphatic rings.